The average Bonchev–Trinajstić information content (AvgIpc) is 2.87. The highest BCUT2D eigenvalue weighted by Crippen LogP contribution is 2.30. The van der Waals surface area contributed by atoms with E-state index in [0.29, 0.717) is 18.5 Å². The van der Waals surface area contributed by atoms with Crippen LogP contribution in [0.15, 0.2) is 48.5 Å². The molecule has 0 radical (unpaired) electrons. The number of rotatable bonds is 9. The number of benzene rings is 2. The number of para-hydroxylation sites is 2. The number of hydrogen-bond donors (Lipinski definition) is 2. The van der Waals surface area contributed by atoms with Crippen molar-refractivity contribution < 1.29 is 19.7 Å². The summed E-state index contributed by atoms with van der Waals surface area (Å²) in [7, 11) is 0. The van der Waals surface area contributed by atoms with Gasteiger partial charge in [-0.3, -0.25) is 14.6 Å². The molecule has 2 N–H and O–H groups in total. The van der Waals surface area contributed by atoms with Crippen LogP contribution in [0.3, 0.4) is 0 Å². The Morgan fingerprint density at radius 2 is 1.67 bits per heavy atom. The molecule has 0 saturated carbocycles. The van der Waals surface area contributed by atoms with E-state index in [2.05, 4.69) is 41.8 Å². The fraction of sp³-hybridized carbons (Fsp3) is 0.552. The van der Waals surface area contributed by atoms with Gasteiger partial charge in [0.15, 0.2) is 0 Å². The number of carbonyl (C=O) groups excluding carboxylic acids is 1. The molecule has 0 aromatic heterocycles. The third-order valence-corrected chi connectivity index (χ3v) is 7.15. The predicted octanol–water partition coefficient (Wildman–Crippen LogP) is 3.88. The van der Waals surface area contributed by atoms with Crippen molar-refractivity contribution in [3.63, 3.8) is 0 Å². The highest BCUT2D eigenvalue weighted by Gasteiger charge is 2.38. The second-order valence-corrected chi connectivity index (χ2v) is 10.3. The van der Waals surface area contributed by atoms with Crippen LogP contribution in [-0.4, -0.2) is 77.2 Å². The number of carbonyl (C=O) groups is 1. The van der Waals surface area contributed by atoms with Crippen molar-refractivity contribution >= 4 is 11.6 Å². The number of hydrogen-bond acceptors (Lipinski definition) is 6. The van der Waals surface area contributed by atoms with E-state index < -0.39 is 5.91 Å². The average molecular weight is 496 g/mol. The molecule has 4 rings (SSSR count). The second kappa shape index (κ2) is 12.1. The summed E-state index contributed by atoms with van der Waals surface area (Å²) in [5, 5.41) is 20.3. The quantitative estimate of drug-likeness (QED) is 0.406. The zero-order chi connectivity index (χ0) is 25.5. The zero-order valence-electron chi connectivity index (χ0n) is 21.7. The molecule has 7 heteroatoms. The third-order valence-electron chi connectivity index (χ3n) is 7.15. The van der Waals surface area contributed by atoms with Crippen molar-refractivity contribution in [2.24, 2.45) is 0 Å². The monoisotopic (exact) mass is 495 g/mol. The summed E-state index contributed by atoms with van der Waals surface area (Å²) in [5.41, 5.74) is 2.90. The first-order chi connectivity index (χ1) is 17.3. The Morgan fingerprint density at radius 3 is 2.36 bits per heavy atom. The van der Waals surface area contributed by atoms with E-state index in [1.807, 2.05) is 30.3 Å². The number of anilines is 1. The van der Waals surface area contributed by atoms with E-state index in [1.165, 1.54) is 16.2 Å². The molecule has 2 fully saturated rings. The zero-order valence-corrected chi connectivity index (χ0v) is 21.7. The molecule has 0 bridgehead atoms. The Labute approximate surface area is 215 Å². The van der Waals surface area contributed by atoms with Crippen molar-refractivity contribution in [1.29, 1.82) is 0 Å². The molecule has 2 heterocycles. The van der Waals surface area contributed by atoms with E-state index in [-0.39, 0.29) is 18.4 Å². The number of likely N-dealkylation sites (tertiary alicyclic amines) is 1. The lowest BCUT2D eigenvalue weighted by Gasteiger charge is -2.38. The first kappa shape index (κ1) is 26.5. The van der Waals surface area contributed by atoms with Crippen LogP contribution in [-0.2, 0) is 6.42 Å². The molecular formula is C29H41N3O4. The van der Waals surface area contributed by atoms with E-state index in [9.17, 15) is 15.0 Å². The van der Waals surface area contributed by atoms with Crippen molar-refractivity contribution in [3.8, 4) is 5.75 Å². The van der Waals surface area contributed by atoms with Crippen LogP contribution < -0.4 is 9.64 Å². The molecule has 1 amide bonds. The first-order valence-corrected chi connectivity index (χ1v) is 13.4. The molecule has 0 aliphatic carbocycles. The van der Waals surface area contributed by atoms with Gasteiger partial charge in [0.05, 0.1) is 11.8 Å². The summed E-state index contributed by atoms with van der Waals surface area (Å²) >= 11 is 0. The molecule has 0 unspecified atom stereocenters. The summed E-state index contributed by atoms with van der Waals surface area (Å²) < 4.78 is 6.01. The molecule has 2 aliphatic heterocycles. The lowest BCUT2D eigenvalue weighted by molar-refractivity contribution is -0.259. The van der Waals surface area contributed by atoms with Crippen molar-refractivity contribution in [2.75, 3.05) is 44.2 Å². The van der Waals surface area contributed by atoms with Gasteiger partial charge in [0.1, 0.15) is 5.75 Å². The van der Waals surface area contributed by atoms with Crippen LogP contribution in [0.1, 0.15) is 61.9 Å². The second-order valence-electron chi connectivity index (χ2n) is 10.3. The lowest BCUT2D eigenvalue weighted by atomic mass is 10.0. The minimum Gasteiger partial charge on any atom is -0.489 e. The minimum atomic E-state index is -2.04. The number of piperidine rings is 1. The normalized spacial score (nSPS) is 18.5. The summed E-state index contributed by atoms with van der Waals surface area (Å²) in [5.74, 6) is -1.38. The lowest BCUT2D eigenvalue weighted by Crippen LogP contribution is -2.54. The highest BCUT2D eigenvalue weighted by atomic mass is 16.5. The predicted molar refractivity (Wildman–Crippen MR) is 142 cm³/mol. The van der Waals surface area contributed by atoms with Crippen LogP contribution in [0.5, 0.6) is 5.75 Å². The van der Waals surface area contributed by atoms with Crippen LogP contribution in [0.2, 0.25) is 0 Å². The maximum Gasteiger partial charge on any atom is 0.257 e. The Balaban J connectivity index is 1.18. The highest BCUT2D eigenvalue weighted by molar-refractivity contribution is 5.94. The molecule has 2 aliphatic rings. The summed E-state index contributed by atoms with van der Waals surface area (Å²) in [6.45, 7) is 9.73. The SMILES string of the molecule is CC(C)Oc1ccccc1N1CCN(CCCCc2ccc(C(=O)N3CCCCC3(O)O)cc2)CC1. The third kappa shape index (κ3) is 6.78. The van der Waals surface area contributed by atoms with Gasteiger partial charge in [0.2, 0.25) is 5.91 Å². The van der Waals surface area contributed by atoms with Gasteiger partial charge in [-0.2, -0.15) is 0 Å². The number of unbranched alkanes of at least 4 members (excludes halogenated alkanes) is 1. The number of ether oxygens (including phenoxy) is 1. The van der Waals surface area contributed by atoms with Crippen LogP contribution in [0, 0.1) is 0 Å². The van der Waals surface area contributed by atoms with Gasteiger partial charge in [-0.05, 0) is 82.3 Å². The molecule has 2 aromatic carbocycles. The molecule has 0 spiro atoms. The van der Waals surface area contributed by atoms with E-state index >= 15 is 0 Å². The molecular weight excluding hydrogens is 454 g/mol. The van der Waals surface area contributed by atoms with Crippen LogP contribution in [0.4, 0.5) is 5.69 Å². The number of nitrogens with zero attached hydrogens (tertiary/aromatic N) is 3. The summed E-state index contributed by atoms with van der Waals surface area (Å²) in [6, 6.07) is 15.9. The van der Waals surface area contributed by atoms with E-state index in [1.54, 1.807) is 0 Å². The van der Waals surface area contributed by atoms with Crippen molar-refractivity contribution in [2.45, 2.75) is 64.4 Å². The van der Waals surface area contributed by atoms with E-state index in [4.69, 9.17) is 4.74 Å². The standard InChI is InChI=1S/C29H41N3O4/c1-23(2)36-27-11-4-3-10-26(27)31-21-19-30(20-22-31)17-7-5-9-24-12-14-25(15-13-24)28(33)32-18-8-6-16-29(32,34)35/h3-4,10-15,23,34-35H,5-9,16-22H2,1-2H3. The Kier molecular flexibility index (Phi) is 8.88. The molecule has 36 heavy (non-hydrogen) atoms. The summed E-state index contributed by atoms with van der Waals surface area (Å²) in [4.78, 5) is 18.9. The van der Waals surface area contributed by atoms with Gasteiger partial charge in [-0.1, -0.05) is 24.3 Å². The van der Waals surface area contributed by atoms with Gasteiger partial charge >= 0.3 is 0 Å². The minimum absolute atomic E-state index is 0.166. The van der Waals surface area contributed by atoms with E-state index in [0.717, 1.165) is 64.2 Å². The molecule has 2 aromatic rings. The largest absolute Gasteiger partial charge is 0.489 e. The number of amides is 1. The number of aliphatic hydroxyl groups is 2. The maximum absolute atomic E-state index is 12.7. The van der Waals surface area contributed by atoms with Gasteiger partial charge in [-0.25, -0.2) is 0 Å². The first-order valence-electron chi connectivity index (χ1n) is 13.4. The summed E-state index contributed by atoms with van der Waals surface area (Å²) in [6.07, 6.45) is 5.08. The molecule has 196 valence electrons. The van der Waals surface area contributed by atoms with Crippen LogP contribution in [0.25, 0.3) is 0 Å². The Hall–Kier alpha value is -2.61. The molecule has 0 atom stereocenters. The van der Waals surface area contributed by atoms with Gasteiger partial charge in [-0.15, -0.1) is 0 Å². The Bertz CT molecular complexity index is 984. The molecule has 2 saturated heterocycles. The van der Waals surface area contributed by atoms with Gasteiger partial charge < -0.3 is 19.8 Å². The van der Waals surface area contributed by atoms with Crippen molar-refractivity contribution in [3.05, 3.63) is 59.7 Å². The smallest absolute Gasteiger partial charge is 0.257 e. The number of aryl methyl sites for hydroxylation is 1. The van der Waals surface area contributed by atoms with Gasteiger partial charge in [0, 0.05) is 44.7 Å². The topological polar surface area (TPSA) is 76.5 Å². The molecule has 7 nitrogen and oxygen atoms in total. The van der Waals surface area contributed by atoms with Gasteiger partial charge in [0.25, 0.3) is 5.91 Å². The van der Waals surface area contributed by atoms with Crippen molar-refractivity contribution in [1.82, 2.24) is 9.80 Å². The fourth-order valence-corrected chi connectivity index (χ4v) is 5.13. The Morgan fingerprint density at radius 1 is 0.944 bits per heavy atom. The fourth-order valence-electron chi connectivity index (χ4n) is 5.13. The number of piperazine rings is 1. The maximum atomic E-state index is 12.7. The van der Waals surface area contributed by atoms with Crippen LogP contribution >= 0.6 is 0 Å².